The van der Waals surface area contributed by atoms with Gasteiger partial charge in [-0.3, -0.25) is 4.79 Å². The number of rotatable bonds is 2. The second kappa shape index (κ2) is 4.92. The van der Waals surface area contributed by atoms with Crippen molar-refractivity contribution in [1.29, 1.82) is 0 Å². The van der Waals surface area contributed by atoms with Crippen LogP contribution in [0.1, 0.15) is 15.9 Å². The summed E-state index contributed by atoms with van der Waals surface area (Å²) in [4.78, 5) is 12.1. The first kappa shape index (κ1) is 12.6. The molecule has 0 atom stereocenters. The maximum absolute atomic E-state index is 13.5. The van der Waals surface area contributed by atoms with Crippen molar-refractivity contribution in [3.05, 3.63) is 59.2 Å². The largest absolute Gasteiger partial charge is 0.384 e. The molecule has 0 saturated heterocycles. The van der Waals surface area contributed by atoms with Gasteiger partial charge in [-0.1, -0.05) is 0 Å². The van der Waals surface area contributed by atoms with Gasteiger partial charge in [0.05, 0.1) is 5.69 Å². The third-order valence-electron chi connectivity index (χ3n) is 3.26. The fourth-order valence-electron chi connectivity index (χ4n) is 2.23. The van der Waals surface area contributed by atoms with Crippen molar-refractivity contribution >= 4 is 17.3 Å². The molecule has 0 aromatic heterocycles. The Hall–Kier alpha value is -2.43. The first-order valence-corrected chi connectivity index (χ1v) is 6.27. The molecule has 1 heterocycles. The van der Waals surface area contributed by atoms with Crippen LogP contribution < -0.4 is 10.6 Å². The predicted molar refractivity (Wildman–Crippen MR) is 72.9 cm³/mol. The lowest BCUT2D eigenvalue weighted by molar-refractivity contribution is 0.102. The van der Waals surface area contributed by atoms with E-state index in [0.717, 1.165) is 36.3 Å². The van der Waals surface area contributed by atoms with Crippen LogP contribution in [0.5, 0.6) is 0 Å². The number of anilines is 2. The number of carbonyl (C=O) groups is 1. The topological polar surface area (TPSA) is 41.1 Å². The molecule has 0 radical (unpaired) electrons. The molecule has 2 aromatic rings. The number of nitrogens with one attached hydrogen (secondary N) is 2. The summed E-state index contributed by atoms with van der Waals surface area (Å²) in [6.07, 6.45) is 0.862. The first-order valence-electron chi connectivity index (χ1n) is 6.27. The highest BCUT2D eigenvalue weighted by atomic mass is 19.1. The maximum atomic E-state index is 13.5. The van der Waals surface area contributed by atoms with Crippen molar-refractivity contribution < 1.29 is 13.6 Å². The molecule has 2 N–H and O–H groups in total. The number of fused-ring (bicyclic) bond motifs is 1. The van der Waals surface area contributed by atoms with Crippen molar-refractivity contribution in [2.75, 3.05) is 17.2 Å². The van der Waals surface area contributed by atoms with Crippen LogP contribution in [-0.4, -0.2) is 12.5 Å². The van der Waals surface area contributed by atoms with Gasteiger partial charge in [-0.2, -0.15) is 0 Å². The Morgan fingerprint density at radius 2 is 2.00 bits per heavy atom. The molecule has 0 aliphatic carbocycles. The molecule has 1 aliphatic heterocycles. The molecule has 20 heavy (non-hydrogen) atoms. The van der Waals surface area contributed by atoms with Crippen LogP contribution in [0.3, 0.4) is 0 Å². The molecule has 0 unspecified atom stereocenters. The number of benzene rings is 2. The van der Waals surface area contributed by atoms with Gasteiger partial charge in [0.2, 0.25) is 0 Å². The van der Waals surface area contributed by atoms with Gasteiger partial charge < -0.3 is 10.6 Å². The van der Waals surface area contributed by atoms with E-state index in [4.69, 9.17) is 0 Å². The number of amides is 1. The van der Waals surface area contributed by atoms with Crippen molar-refractivity contribution in [2.45, 2.75) is 6.42 Å². The summed E-state index contributed by atoms with van der Waals surface area (Å²) < 4.78 is 26.3. The molecule has 2 aromatic carbocycles. The summed E-state index contributed by atoms with van der Waals surface area (Å²) in [6, 6.07) is 8.34. The van der Waals surface area contributed by atoms with Crippen LogP contribution in [0, 0.1) is 11.6 Å². The van der Waals surface area contributed by atoms with Crippen LogP contribution in [0.25, 0.3) is 0 Å². The molecule has 0 bridgehead atoms. The number of hydrogen-bond acceptors (Lipinski definition) is 2. The standard InChI is InChI=1S/C15H12F2N2O/c16-11-2-4-14(12(17)8-11)19-15(20)10-1-3-13-9(7-10)5-6-18-13/h1-4,7-8,18H,5-6H2,(H,19,20). The van der Waals surface area contributed by atoms with Crippen LogP contribution in [0.15, 0.2) is 36.4 Å². The van der Waals surface area contributed by atoms with E-state index in [1.54, 1.807) is 12.1 Å². The second-order valence-corrected chi connectivity index (χ2v) is 4.63. The SMILES string of the molecule is O=C(Nc1ccc(F)cc1F)c1ccc2c(c1)CCN2. The summed E-state index contributed by atoms with van der Waals surface area (Å²) in [7, 11) is 0. The van der Waals surface area contributed by atoms with Gasteiger partial charge in [-0.15, -0.1) is 0 Å². The monoisotopic (exact) mass is 274 g/mol. The molecule has 5 heteroatoms. The zero-order chi connectivity index (χ0) is 14.1. The fraction of sp³-hybridized carbons (Fsp3) is 0.133. The Labute approximate surface area is 114 Å². The van der Waals surface area contributed by atoms with Crippen LogP contribution in [0.4, 0.5) is 20.2 Å². The Balaban J connectivity index is 1.82. The molecule has 3 nitrogen and oxygen atoms in total. The second-order valence-electron chi connectivity index (χ2n) is 4.63. The minimum Gasteiger partial charge on any atom is -0.384 e. The Morgan fingerprint density at radius 1 is 1.15 bits per heavy atom. The normalized spacial score (nSPS) is 12.7. The quantitative estimate of drug-likeness (QED) is 0.883. The Kier molecular flexibility index (Phi) is 3.10. The molecule has 0 spiro atoms. The van der Waals surface area contributed by atoms with Crippen LogP contribution in [0.2, 0.25) is 0 Å². The fourth-order valence-corrected chi connectivity index (χ4v) is 2.23. The van der Waals surface area contributed by atoms with Gasteiger partial charge in [0.15, 0.2) is 0 Å². The van der Waals surface area contributed by atoms with E-state index in [1.165, 1.54) is 6.07 Å². The molecule has 1 amide bonds. The van der Waals surface area contributed by atoms with Gasteiger partial charge >= 0.3 is 0 Å². The summed E-state index contributed by atoms with van der Waals surface area (Å²) >= 11 is 0. The van der Waals surface area contributed by atoms with Gasteiger partial charge in [-0.25, -0.2) is 8.78 Å². The van der Waals surface area contributed by atoms with Crippen molar-refractivity contribution in [1.82, 2.24) is 0 Å². The molecule has 1 aliphatic rings. The van der Waals surface area contributed by atoms with Crippen LogP contribution >= 0.6 is 0 Å². The highest BCUT2D eigenvalue weighted by Crippen LogP contribution is 2.24. The molecular formula is C15H12F2N2O. The van der Waals surface area contributed by atoms with E-state index in [1.807, 2.05) is 6.07 Å². The zero-order valence-electron chi connectivity index (χ0n) is 10.5. The van der Waals surface area contributed by atoms with Gasteiger partial charge in [0.1, 0.15) is 11.6 Å². The average molecular weight is 274 g/mol. The lowest BCUT2D eigenvalue weighted by Gasteiger charge is -2.08. The molecular weight excluding hydrogens is 262 g/mol. The van der Waals surface area contributed by atoms with E-state index < -0.39 is 17.5 Å². The summed E-state index contributed by atoms with van der Waals surface area (Å²) in [6.45, 7) is 0.854. The minimum atomic E-state index is -0.791. The van der Waals surface area contributed by atoms with E-state index in [-0.39, 0.29) is 5.69 Å². The number of carbonyl (C=O) groups excluding carboxylic acids is 1. The van der Waals surface area contributed by atoms with E-state index in [2.05, 4.69) is 10.6 Å². The van der Waals surface area contributed by atoms with Crippen molar-refractivity contribution in [3.63, 3.8) is 0 Å². The summed E-state index contributed by atoms with van der Waals surface area (Å²) in [5, 5.41) is 5.64. The maximum Gasteiger partial charge on any atom is 0.255 e. The average Bonchev–Trinajstić information content (AvgIpc) is 2.89. The summed E-state index contributed by atoms with van der Waals surface area (Å²) in [5.41, 5.74) is 2.51. The van der Waals surface area contributed by atoms with E-state index >= 15 is 0 Å². The van der Waals surface area contributed by atoms with E-state index in [9.17, 15) is 13.6 Å². The van der Waals surface area contributed by atoms with Crippen molar-refractivity contribution in [3.8, 4) is 0 Å². The van der Waals surface area contributed by atoms with Gasteiger partial charge in [0.25, 0.3) is 5.91 Å². The highest BCUT2D eigenvalue weighted by molar-refractivity contribution is 6.04. The van der Waals surface area contributed by atoms with E-state index in [0.29, 0.717) is 5.56 Å². The van der Waals surface area contributed by atoms with Crippen LogP contribution in [-0.2, 0) is 6.42 Å². The summed E-state index contributed by atoms with van der Waals surface area (Å²) in [5.74, 6) is -1.88. The zero-order valence-corrected chi connectivity index (χ0v) is 10.5. The third kappa shape index (κ3) is 2.34. The lowest BCUT2D eigenvalue weighted by atomic mass is 10.1. The number of hydrogen-bond donors (Lipinski definition) is 2. The lowest BCUT2D eigenvalue weighted by Crippen LogP contribution is -2.13. The molecule has 0 fully saturated rings. The molecule has 102 valence electrons. The first-order chi connectivity index (χ1) is 9.63. The Morgan fingerprint density at radius 3 is 2.80 bits per heavy atom. The minimum absolute atomic E-state index is 0.0324. The number of halogens is 2. The van der Waals surface area contributed by atoms with Gasteiger partial charge in [0, 0.05) is 23.9 Å². The van der Waals surface area contributed by atoms with Gasteiger partial charge in [-0.05, 0) is 42.3 Å². The highest BCUT2D eigenvalue weighted by Gasteiger charge is 2.14. The third-order valence-corrected chi connectivity index (χ3v) is 3.26. The van der Waals surface area contributed by atoms with Crippen molar-refractivity contribution in [2.24, 2.45) is 0 Å². The molecule has 0 saturated carbocycles. The smallest absolute Gasteiger partial charge is 0.255 e. The molecule has 3 rings (SSSR count). The predicted octanol–water partition coefficient (Wildman–Crippen LogP) is 3.19. The Bertz CT molecular complexity index is 686.